The molecular formula is C8H12O. The molecule has 50 valence electrons. The van der Waals surface area contributed by atoms with Crippen molar-refractivity contribution >= 4 is 0 Å². The minimum absolute atomic E-state index is 1.01. The average molecular weight is 124 g/mol. The summed E-state index contributed by atoms with van der Waals surface area (Å²) in [6.45, 7) is 2.10. The van der Waals surface area contributed by atoms with Crippen molar-refractivity contribution in [2.24, 2.45) is 0 Å². The van der Waals surface area contributed by atoms with Gasteiger partial charge in [-0.25, -0.2) is 0 Å². The molecule has 9 heavy (non-hydrogen) atoms. The fourth-order valence-electron chi connectivity index (χ4n) is 1.03. The summed E-state index contributed by atoms with van der Waals surface area (Å²) in [7, 11) is 1.71. The summed E-state index contributed by atoms with van der Waals surface area (Å²) in [6.07, 6.45) is 3.47. The Hall–Kier alpha value is -0.680. The van der Waals surface area contributed by atoms with Crippen LogP contribution in [0.2, 0.25) is 0 Å². The molecule has 0 saturated heterocycles. The van der Waals surface area contributed by atoms with Crippen LogP contribution in [0.15, 0.2) is 17.1 Å². The van der Waals surface area contributed by atoms with Gasteiger partial charge in [0.15, 0.2) is 0 Å². The third-order valence-corrected chi connectivity index (χ3v) is 1.55. The molecule has 0 saturated carbocycles. The van der Waals surface area contributed by atoms with Crippen LogP contribution in [0.3, 0.4) is 0 Å². The van der Waals surface area contributed by atoms with Crippen LogP contribution in [-0.4, -0.2) is 7.11 Å². The van der Waals surface area contributed by atoms with Crippen molar-refractivity contribution in [3.05, 3.63) is 17.1 Å². The summed E-state index contributed by atoms with van der Waals surface area (Å²) in [4.78, 5) is 0. The van der Waals surface area contributed by atoms with Crippen molar-refractivity contribution in [3.8, 4) is 0 Å². The third kappa shape index (κ3) is 1.62. The van der Waals surface area contributed by atoms with Crippen LogP contribution in [0, 0.1) is 0 Å². The van der Waals surface area contributed by atoms with E-state index in [9.17, 15) is 0 Å². The maximum atomic E-state index is 5.05. The van der Waals surface area contributed by atoms with Crippen LogP contribution in [0.4, 0.5) is 0 Å². The Kier molecular flexibility index (Phi) is 1.96. The molecule has 0 amide bonds. The molecule has 0 N–H and O–H groups in total. The molecule has 0 spiro atoms. The topological polar surface area (TPSA) is 9.23 Å². The van der Waals surface area contributed by atoms with Crippen molar-refractivity contribution in [1.29, 1.82) is 0 Å². The van der Waals surface area contributed by atoms with Gasteiger partial charge in [-0.1, -0.05) is 5.73 Å². The molecular weight excluding hydrogens is 112 g/mol. The van der Waals surface area contributed by atoms with Gasteiger partial charge >= 0.3 is 0 Å². The maximum Gasteiger partial charge on any atom is 0.138 e. The van der Waals surface area contributed by atoms with Crippen LogP contribution < -0.4 is 0 Å². The van der Waals surface area contributed by atoms with Crippen molar-refractivity contribution in [3.63, 3.8) is 0 Å². The van der Waals surface area contributed by atoms with Crippen LogP contribution >= 0.6 is 0 Å². The highest BCUT2D eigenvalue weighted by Crippen LogP contribution is 2.16. The molecule has 0 aliphatic heterocycles. The largest absolute Gasteiger partial charge is 0.493 e. The average Bonchev–Trinajstić information content (AvgIpc) is 1.88. The molecule has 1 aliphatic carbocycles. The minimum Gasteiger partial charge on any atom is -0.493 e. The molecule has 0 radical (unpaired) electrons. The monoisotopic (exact) mass is 124 g/mol. The van der Waals surface area contributed by atoms with Crippen molar-refractivity contribution in [2.75, 3.05) is 7.11 Å². The summed E-state index contributed by atoms with van der Waals surface area (Å²) in [5.41, 5.74) is 4.49. The third-order valence-electron chi connectivity index (χ3n) is 1.55. The molecule has 0 unspecified atom stereocenters. The van der Waals surface area contributed by atoms with E-state index in [4.69, 9.17) is 4.74 Å². The Bertz CT molecular complexity index is 161. The summed E-state index contributed by atoms with van der Waals surface area (Å²) in [5, 5.41) is 0. The van der Waals surface area contributed by atoms with Crippen molar-refractivity contribution < 1.29 is 4.74 Å². The molecule has 0 atom stereocenters. The lowest BCUT2D eigenvalue weighted by atomic mass is 10.1. The molecule has 0 aromatic heterocycles. The SMILES string of the molecule is COC1=C=C(C)CCC1. The first-order chi connectivity index (χ1) is 4.33. The summed E-state index contributed by atoms with van der Waals surface area (Å²) >= 11 is 0. The highest BCUT2D eigenvalue weighted by Gasteiger charge is 2.01. The van der Waals surface area contributed by atoms with E-state index in [1.165, 1.54) is 18.4 Å². The number of hydrogen-bond acceptors (Lipinski definition) is 1. The van der Waals surface area contributed by atoms with Gasteiger partial charge in [-0.05, 0) is 25.3 Å². The standard InChI is InChI=1S/C8H12O/c1-7-4-3-5-8(6-7)9-2/h3-5H2,1-2H3. The predicted molar refractivity (Wildman–Crippen MR) is 37.1 cm³/mol. The highest BCUT2D eigenvalue weighted by atomic mass is 16.5. The van der Waals surface area contributed by atoms with E-state index in [1.807, 2.05) is 0 Å². The Balaban J connectivity index is 2.77. The smallest absolute Gasteiger partial charge is 0.138 e. The second-order valence-electron chi connectivity index (χ2n) is 2.39. The molecule has 0 aromatic carbocycles. The second kappa shape index (κ2) is 2.75. The normalized spacial score (nSPS) is 18.4. The van der Waals surface area contributed by atoms with Gasteiger partial charge < -0.3 is 4.74 Å². The first-order valence-electron chi connectivity index (χ1n) is 3.32. The Morgan fingerprint density at radius 2 is 2.22 bits per heavy atom. The van der Waals surface area contributed by atoms with E-state index in [0.29, 0.717) is 0 Å². The Labute approximate surface area is 56.0 Å². The zero-order valence-electron chi connectivity index (χ0n) is 6.03. The molecule has 0 aromatic rings. The minimum atomic E-state index is 1.01. The molecule has 1 aliphatic rings. The zero-order chi connectivity index (χ0) is 6.69. The number of rotatable bonds is 1. The molecule has 0 fully saturated rings. The fraction of sp³-hybridized carbons (Fsp3) is 0.625. The number of ether oxygens (including phenoxy) is 1. The van der Waals surface area contributed by atoms with E-state index < -0.39 is 0 Å². The quantitative estimate of drug-likeness (QED) is 0.487. The second-order valence-corrected chi connectivity index (χ2v) is 2.39. The van der Waals surface area contributed by atoms with E-state index in [2.05, 4.69) is 12.7 Å². The predicted octanol–water partition coefficient (Wildman–Crippen LogP) is 2.25. The number of hydrogen-bond donors (Lipinski definition) is 0. The van der Waals surface area contributed by atoms with E-state index in [-0.39, 0.29) is 0 Å². The molecule has 1 nitrogen and oxygen atoms in total. The summed E-state index contributed by atoms with van der Waals surface area (Å²) in [6, 6.07) is 0. The van der Waals surface area contributed by atoms with Gasteiger partial charge in [0, 0.05) is 6.42 Å². The lowest BCUT2D eigenvalue weighted by Gasteiger charge is -2.07. The van der Waals surface area contributed by atoms with Gasteiger partial charge in [0.25, 0.3) is 0 Å². The lowest BCUT2D eigenvalue weighted by Crippen LogP contribution is -1.91. The Morgan fingerprint density at radius 3 is 2.67 bits per heavy atom. The van der Waals surface area contributed by atoms with Crippen LogP contribution in [0.5, 0.6) is 0 Å². The van der Waals surface area contributed by atoms with Gasteiger partial charge in [0.05, 0.1) is 7.11 Å². The molecule has 1 heteroatoms. The van der Waals surface area contributed by atoms with E-state index in [1.54, 1.807) is 7.11 Å². The first-order valence-corrected chi connectivity index (χ1v) is 3.32. The van der Waals surface area contributed by atoms with Crippen LogP contribution in [0.25, 0.3) is 0 Å². The summed E-state index contributed by atoms with van der Waals surface area (Å²) < 4.78 is 5.05. The van der Waals surface area contributed by atoms with Crippen LogP contribution in [-0.2, 0) is 4.74 Å². The number of methoxy groups -OCH3 is 1. The Morgan fingerprint density at radius 1 is 1.44 bits per heavy atom. The van der Waals surface area contributed by atoms with Gasteiger partial charge in [0.1, 0.15) is 5.76 Å². The van der Waals surface area contributed by atoms with Gasteiger partial charge in [-0.2, -0.15) is 0 Å². The van der Waals surface area contributed by atoms with Gasteiger partial charge in [-0.3, -0.25) is 0 Å². The van der Waals surface area contributed by atoms with Crippen molar-refractivity contribution in [1.82, 2.24) is 0 Å². The lowest BCUT2D eigenvalue weighted by molar-refractivity contribution is 0.273. The van der Waals surface area contributed by atoms with Crippen molar-refractivity contribution in [2.45, 2.75) is 26.2 Å². The van der Waals surface area contributed by atoms with Gasteiger partial charge in [0.2, 0.25) is 0 Å². The fourth-order valence-corrected chi connectivity index (χ4v) is 1.03. The maximum absolute atomic E-state index is 5.05. The zero-order valence-corrected chi connectivity index (χ0v) is 6.03. The first kappa shape index (κ1) is 6.44. The highest BCUT2D eigenvalue weighted by molar-refractivity contribution is 5.07. The molecule has 1 rings (SSSR count). The number of allylic oxidation sites excluding steroid dienone is 1. The van der Waals surface area contributed by atoms with Crippen LogP contribution in [0.1, 0.15) is 26.2 Å². The molecule has 0 heterocycles. The summed E-state index contributed by atoms with van der Waals surface area (Å²) in [5.74, 6) is 1.01. The van der Waals surface area contributed by atoms with E-state index in [0.717, 1.165) is 12.2 Å². The van der Waals surface area contributed by atoms with E-state index >= 15 is 0 Å². The molecule has 0 bridgehead atoms. The van der Waals surface area contributed by atoms with Gasteiger partial charge in [-0.15, -0.1) is 0 Å².